The highest BCUT2D eigenvalue weighted by molar-refractivity contribution is 7.18. The summed E-state index contributed by atoms with van der Waals surface area (Å²) < 4.78 is 4.94. The molecule has 2 heterocycles. The van der Waals surface area contributed by atoms with Crippen LogP contribution >= 0.6 is 11.3 Å². The van der Waals surface area contributed by atoms with Gasteiger partial charge in [-0.25, -0.2) is 4.98 Å². The number of hydrogen-bond donors (Lipinski definition) is 3. The molecule has 0 radical (unpaired) electrons. The third kappa shape index (κ3) is 3.34. The van der Waals surface area contributed by atoms with Crippen molar-refractivity contribution in [1.29, 1.82) is 0 Å². The largest absolute Gasteiger partial charge is 0.383 e. The van der Waals surface area contributed by atoms with Crippen molar-refractivity contribution in [2.24, 2.45) is 5.73 Å². The number of methoxy groups -OCH3 is 1. The van der Waals surface area contributed by atoms with Crippen molar-refractivity contribution in [3.63, 3.8) is 0 Å². The van der Waals surface area contributed by atoms with Crippen LogP contribution in [0, 0.1) is 0 Å². The Kier molecular flexibility index (Phi) is 4.56. The summed E-state index contributed by atoms with van der Waals surface area (Å²) in [6.07, 6.45) is 0.837. The predicted octanol–water partition coefficient (Wildman–Crippen LogP) is -0.0432. The maximum atomic E-state index is 12.3. The number of nitrogens with two attached hydrogens (primary N) is 2. The summed E-state index contributed by atoms with van der Waals surface area (Å²) in [5.74, 6) is 0.193. The Morgan fingerprint density at radius 3 is 3.11 bits per heavy atom. The van der Waals surface area contributed by atoms with Gasteiger partial charge in [0.05, 0.1) is 6.61 Å². The van der Waals surface area contributed by atoms with E-state index in [1.165, 1.54) is 11.3 Å². The third-order valence-electron chi connectivity index (χ3n) is 2.94. The number of hydrogen-bond acceptors (Lipinski definition) is 7. The Morgan fingerprint density at radius 1 is 1.68 bits per heavy atom. The van der Waals surface area contributed by atoms with Gasteiger partial charge in [0.2, 0.25) is 0 Å². The molecule has 2 rings (SSSR count). The Bertz CT molecular complexity index is 450. The van der Waals surface area contributed by atoms with E-state index in [0.29, 0.717) is 36.2 Å². The number of carbonyl (C=O) groups is 1. The highest BCUT2D eigenvalue weighted by Crippen LogP contribution is 2.27. The number of rotatable bonds is 5. The molecule has 19 heavy (non-hydrogen) atoms. The van der Waals surface area contributed by atoms with Gasteiger partial charge in [-0.15, -0.1) is 0 Å². The van der Waals surface area contributed by atoms with Crippen molar-refractivity contribution >= 4 is 28.2 Å². The number of thiazole rings is 1. The maximum absolute atomic E-state index is 12.3. The summed E-state index contributed by atoms with van der Waals surface area (Å²) in [5.41, 5.74) is 11.6. The van der Waals surface area contributed by atoms with Gasteiger partial charge < -0.3 is 26.4 Å². The van der Waals surface area contributed by atoms with Crippen LogP contribution < -0.4 is 16.8 Å². The number of nitrogen functional groups attached to an aromatic ring is 1. The summed E-state index contributed by atoms with van der Waals surface area (Å²) in [4.78, 5) is 18.6. The van der Waals surface area contributed by atoms with Crippen LogP contribution in [0.1, 0.15) is 16.1 Å². The van der Waals surface area contributed by atoms with E-state index in [1.54, 1.807) is 12.0 Å². The van der Waals surface area contributed by atoms with Crippen LogP contribution in [0.4, 0.5) is 10.9 Å². The summed E-state index contributed by atoms with van der Waals surface area (Å²) in [7, 11) is 1.63. The van der Waals surface area contributed by atoms with Gasteiger partial charge in [-0.05, 0) is 6.42 Å². The molecule has 0 aliphatic carbocycles. The van der Waals surface area contributed by atoms with Crippen LogP contribution in [0.3, 0.4) is 0 Å². The summed E-state index contributed by atoms with van der Waals surface area (Å²) in [6, 6.07) is 0.0670. The van der Waals surface area contributed by atoms with Crippen LogP contribution in [0.15, 0.2) is 0 Å². The SMILES string of the molecule is COCCNc1nc(N)c(C(=O)N2CCC(N)C2)s1. The Labute approximate surface area is 115 Å². The van der Waals surface area contributed by atoms with Crippen LogP contribution in [-0.4, -0.2) is 55.2 Å². The van der Waals surface area contributed by atoms with Gasteiger partial charge in [0.25, 0.3) is 5.91 Å². The number of amides is 1. The maximum Gasteiger partial charge on any atom is 0.267 e. The lowest BCUT2D eigenvalue weighted by molar-refractivity contribution is 0.0796. The fraction of sp³-hybridized carbons (Fsp3) is 0.636. The fourth-order valence-corrected chi connectivity index (χ4v) is 2.81. The first-order valence-electron chi connectivity index (χ1n) is 6.15. The van der Waals surface area contributed by atoms with Crippen molar-refractivity contribution in [3.05, 3.63) is 4.88 Å². The van der Waals surface area contributed by atoms with Crippen molar-refractivity contribution in [2.45, 2.75) is 12.5 Å². The van der Waals surface area contributed by atoms with Crippen LogP contribution in [-0.2, 0) is 4.74 Å². The monoisotopic (exact) mass is 285 g/mol. The molecule has 1 unspecified atom stereocenters. The number of ether oxygens (including phenoxy) is 1. The molecule has 1 aliphatic rings. The molecular formula is C11H19N5O2S. The summed E-state index contributed by atoms with van der Waals surface area (Å²) in [6.45, 7) is 2.47. The number of nitrogens with one attached hydrogen (secondary N) is 1. The topological polar surface area (TPSA) is 106 Å². The minimum absolute atomic E-state index is 0.0670. The van der Waals surface area contributed by atoms with Crippen molar-refractivity contribution in [2.75, 3.05) is 44.4 Å². The molecule has 106 valence electrons. The Balaban J connectivity index is 2.01. The number of likely N-dealkylation sites (tertiary alicyclic amines) is 1. The smallest absolute Gasteiger partial charge is 0.267 e. The molecule has 1 aromatic rings. The molecule has 1 aliphatic heterocycles. The van der Waals surface area contributed by atoms with E-state index in [2.05, 4.69) is 10.3 Å². The molecule has 0 saturated carbocycles. The Hall–Kier alpha value is -1.38. The van der Waals surface area contributed by atoms with Crippen LogP contribution in [0.2, 0.25) is 0 Å². The molecule has 7 nitrogen and oxygen atoms in total. The van der Waals surface area contributed by atoms with Crippen LogP contribution in [0.25, 0.3) is 0 Å². The van der Waals surface area contributed by atoms with Gasteiger partial charge in [-0.1, -0.05) is 11.3 Å². The molecule has 1 atom stereocenters. The van der Waals surface area contributed by atoms with E-state index in [9.17, 15) is 4.79 Å². The van der Waals surface area contributed by atoms with E-state index >= 15 is 0 Å². The second kappa shape index (κ2) is 6.18. The normalized spacial score (nSPS) is 18.8. The van der Waals surface area contributed by atoms with Crippen molar-refractivity contribution in [3.8, 4) is 0 Å². The molecule has 1 amide bonds. The van der Waals surface area contributed by atoms with Gasteiger partial charge in [0, 0.05) is 32.8 Å². The lowest BCUT2D eigenvalue weighted by atomic mass is 10.3. The minimum atomic E-state index is -0.0808. The van der Waals surface area contributed by atoms with E-state index < -0.39 is 0 Å². The number of carbonyl (C=O) groups excluding carboxylic acids is 1. The summed E-state index contributed by atoms with van der Waals surface area (Å²) in [5, 5.41) is 3.71. The quantitative estimate of drug-likeness (QED) is 0.655. The van der Waals surface area contributed by atoms with Gasteiger partial charge in [-0.2, -0.15) is 0 Å². The number of aromatic nitrogens is 1. The zero-order chi connectivity index (χ0) is 13.8. The number of anilines is 2. The van der Waals surface area contributed by atoms with Crippen molar-refractivity contribution in [1.82, 2.24) is 9.88 Å². The fourth-order valence-electron chi connectivity index (χ4n) is 1.94. The van der Waals surface area contributed by atoms with Gasteiger partial charge in [0.15, 0.2) is 5.13 Å². The second-order valence-electron chi connectivity index (χ2n) is 4.45. The third-order valence-corrected chi connectivity index (χ3v) is 3.96. The molecule has 5 N–H and O–H groups in total. The zero-order valence-corrected chi connectivity index (χ0v) is 11.7. The number of nitrogens with zero attached hydrogens (tertiary/aromatic N) is 2. The minimum Gasteiger partial charge on any atom is -0.383 e. The first-order valence-corrected chi connectivity index (χ1v) is 6.97. The first-order chi connectivity index (χ1) is 9.11. The van der Waals surface area contributed by atoms with Gasteiger partial charge in [0.1, 0.15) is 10.7 Å². The standard InChI is InChI=1S/C11H19N5O2S/c1-18-5-3-14-11-15-9(13)8(19-11)10(17)16-4-2-7(12)6-16/h7H,2-6,12-13H2,1H3,(H,14,15). The van der Waals surface area contributed by atoms with E-state index in [-0.39, 0.29) is 17.8 Å². The van der Waals surface area contributed by atoms with E-state index in [1.807, 2.05) is 0 Å². The van der Waals surface area contributed by atoms with Gasteiger partial charge in [-0.3, -0.25) is 4.79 Å². The van der Waals surface area contributed by atoms with E-state index in [0.717, 1.165) is 6.42 Å². The lowest BCUT2D eigenvalue weighted by Crippen LogP contribution is -2.31. The predicted molar refractivity (Wildman–Crippen MR) is 75.4 cm³/mol. The van der Waals surface area contributed by atoms with E-state index in [4.69, 9.17) is 16.2 Å². The molecule has 0 bridgehead atoms. The molecule has 0 spiro atoms. The molecule has 1 aromatic heterocycles. The first kappa shape index (κ1) is 14.0. The highest BCUT2D eigenvalue weighted by Gasteiger charge is 2.27. The van der Waals surface area contributed by atoms with Gasteiger partial charge >= 0.3 is 0 Å². The highest BCUT2D eigenvalue weighted by atomic mass is 32.1. The van der Waals surface area contributed by atoms with Crippen molar-refractivity contribution < 1.29 is 9.53 Å². The zero-order valence-electron chi connectivity index (χ0n) is 10.9. The average Bonchev–Trinajstić information content (AvgIpc) is 2.95. The average molecular weight is 285 g/mol. The van der Waals surface area contributed by atoms with Crippen LogP contribution in [0.5, 0.6) is 0 Å². The molecule has 1 fully saturated rings. The Morgan fingerprint density at radius 2 is 2.47 bits per heavy atom. The lowest BCUT2D eigenvalue weighted by Gasteiger charge is -2.14. The molecular weight excluding hydrogens is 266 g/mol. The molecule has 0 aromatic carbocycles. The second-order valence-corrected chi connectivity index (χ2v) is 5.45. The summed E-state index contributed by atoms with van der Waals surface area (Å²) >= 11 is 1.27. The molecule has 1 saturated heterocycles. The molecule has 8 heteroatoms.